The van der Waals surface area contributed by atoms with Crippen molar-refractivity contribution in [1.82, 2.24) is 9.88 Å². The maximum Gasteiger partial charge on any atom is 0.266 e. The molecular weight excluding hydrogens is 340 g/mol. The second kappa shape index (κ2) is 7.41. The van der Waals surface area contributed by atoms with Gasteiger partial charge in [-0.15, -0.1) is 11.3 Å². The van der Waals surface area contributed by atoms with Crippen LogP contribution < -0.4 is 9.47 Å². The number of ether oxygens (including phenoxy) is 3. The number of rotatable bonds is 4. The molecule has 1 saturated heterocycles. The standard InChI is InChI=1S/C18H22N2O4S/c1-11-10-20(7-8-24-11)18(21)16-12(2)19-17(25-16)13-5-6-14(22-3)15(9-13)23-4/h5-6,9,11H,7-8,10H2,1-4H3/t11-/m0/s1. The van der Waals surface area contributed by atoms with Gasteiger partial charge in [-0.25, -0.2) is 4.98 Å². The van der Waals surface area contributed by atoms with E-state index in [9.17, 15) is 4.79 Å². The number of aromatic nitrogens is 1. The Labute approximate surface area is 151 Å². The van der Waals surface area contributed by atoms with Crippen LogP contribution >= 0.6 is 11.3 Å². The summed E-state index contributed by atoms with van der Waals surface area (Å²) in [6.07, 6.45) is 0.0660. The summed E-state index contributed by atoms with van der Waals surface area (Å²) in [6, 6.07) is 5.64. The molecule has 1 amide bonds. The normalized spacial score (nSPS) is 17.4. The van der Waals surface area contributed by atoms with Crippen LogP contribution in [0.4, 0.5) is 0 Å². The minimum Gasteiger partial charge on any atom is -0.493 e. The van der Waals surface area contributed by atoms with Gasteiger partial charge in [0.15, 0.2) is 11.5 Å². The summed E-state index contributed by atoms with van der Waals surface area (Å²) in [5.41, 5.74) is 1.65. The monoisotopic (exact) mass is 362 g/mol. The van der Waals surface area contributed by atoms with E-state index < -0.39 is 0 Å². The van der Waals surface area contributed by atoms with Gasteiger partial charge in [-0.05, 0) is 32.0 Å². The largest absolute Gasteiger partial charge is 0.493 e. The smallest absolute Gasteiger partial charge is 0.266 e. The summed E-state index contributed by atoms with van der Waals surface area (Å²) in [6.45, 7) is 5.66. The lowest BCUT2D eigenvalue weighted by Gasteiger charge is -2.30. The Hall–Kier alpha value is -2.12. The summed E-state index contributed by atoms with van der Waals surface area (Å²) in [5.74, 6) is 1.33. The Kier molecular flexibility index (Phi) is 5.24. The van der Waals surface area contributed by atoms with Crippen molar-refractivity contribution in [3.8, 4) is 22.1 Å². The molecule has 2 aromatic rings. The van der Waals surface area contributed by atoms with Gasteiger partial charge in [0.1, 0.15) is 9.88 Å². The van der Waals surface area contributed by atoms with Gasteiger partial charge in [-0.3, -0.25) is 4.79 Å². The highest BCUT2D eigenvalue weighted by molar-refractivity contribution is 7.17. The van der Waals surface area contributed by atoms with Crippen LogP contribution in [0, 0.1) is 6.92 Å². The molecule has 0 aliphatic carbocycles. The fraction of sp³-hybridized carbons (Fsp3) is 0.444. The highest BCUT2D eigenvalue weighted by Gasteiger charge is 2.26. The van der Waals surface area contributed by atoms with E-state index in [1.807, 2.05) is 36.9 Å². The fourth-order valence-corrected chi connectivity index (χ4v) is 3.86. The number of hydrogen-bond donors (Lipinski definition) is 0. The molecule has 0 N–H and O–H groups in total. The Balaban J connectivity index is 1.88. The minimum absolute atomic E-state index is 0.0249. The zero-order valence-corrected chi connectivity index (χ0v) is 15.7. The van der Waals surface area contributed by atoms with E-state index in [-0.39, 0.29) is 12.0 Å². The van der Waals surface area contributed by atoms with Crippen molar-refractivity contribution < 1.29 is 19.0 Å². The second-order valence-electron chi connectivity index (χ2n) is 5.94. The molecule has 0 saturated carbocycles. The van der Waals surface area contributed by atoms with Crippen molar-refractivity contribution in [1.29, 1.82) is 0 Å². The molecule has 0 spiro atoms. The molecule has 1 aromatic carbocycles. The molecular formula is C18H22N2O4S. The van der Waals surface area contributed by atoms with Crippen molar-refractivity contribution in [2.24, 2.45) is 0 Å². The number of morpholine rings is 1. The number of benzene rings is 1. The summed E-state index contributed by atoms with van der Waals surface area (Å²) in [5, 5.41) is 0.795. The van der Waals surface area contributed by atoms with Crippen molar-refractivity contribution in [2.45, 2.75) is 20.0 Å². The first-order valence-electron chi connectivity index (χ1n) is 8.14. The number of thiazole rings is 1. The second-order valence-corrected chi connectivity index (χ2v) is 6.93. The Morgan fingerprint density at radius 2 is 2.08 bits per heavy atom. The van der Waals surface area contributed by atoms with E-state index >= 15 is 0 Å². The van der Waals surface area contributed by atoms with E-state index in [4.69, 9.17) is 14.2 Å². The average Bonchev–Trinajstić information content (AvgIpc) is 3.02. The average molecular weight is 362 g/mol. The van der Waals surface area contributed by atoms with Crippen molar-refractivity contribution in [3.05, 3.63) is 28.8 Å². The Morgan fingerprint density at radius 1 is 1.32 bits per heavy atom. The third kappa shape index (κ3) is 3.62. The number of methoxy groups -OCH3 is 2. The number of amides is 1. The number of carbonyl (C=O) groups excluding carboxylic acids is 1. The topological polar surface area (TPSA) is 60.9 Å². The van der Waals surface area contributed by atoms with Crippen LogP contribution in [-0.4, -0.2) is 55.8 Å². The van der Waals surface area contributed by atoms with Gasteiger partial charge in [0.2, 0.25) is 0 Å². The zero-order chi connectivity index (χ0) is 18.0. The van der Waals surface area contributed by atoms with Crippen LogP contribution in [0.2, 0.25) is 0 Å². The van der Waals surface area contributed by atoms with Gasteiger partial charge in [0.25, 0.3) is 5.91 Å². The molecule has 0 radical (unpaired) electrons. The van der Waals surface area contributed by atoms with E-state index in [1.54, 1.807) is 14.2 Å². The summed E-state index contributed by atoms with van der Waals surface area (Å²) in [4.78, 5) is 19.9. The molecule has 1 fully saturated rings. The van der Waals surface area contributed by atoms with Gasteiger partial charge in [0.05, 0.1) is 32.6 Å². The number of carbonyl (C=O) groups is 1. The van der Waals surface area contributed by atoms with Gasteiger partial charge < -0.3 is 19.1 Å². The molecule has 6 nitrogen and oxygen atoms in total. The van der Waals surface area contributed by atoms with Gasteiger partial charge >= 0.3 is 0 Å². The van der Waals surface area contributed by atoms with E-state index in [2.05, 4.69) is 4.98 Å². The quantitative estimate of drug-likeness (QED) is 0.837. The number of hydrogen-bond acceptors (Lipinski definition) is 6. The van der Waals surface area contributed by atoms with Crippen LogP contribution in [0.3, 0.4) is 0 Å². The summed E-state index contributed by atoms with van der Waals surface area (Å²) in [7, 11) is 3.20. The zero-order valence-electron chi connectivity index (χ0n) is 14.9. The van der Waals surface area contributed by atoms with E-state index in [0.717, 1.165) is 16.3 Å². The molecule has 1 aromatic heterocycles. The molecule has 134 valence electrons. The maximum absolute atomic E-state index is 12.8. The molecule has 3 rings (SSSR count). The predicted molar refractivity (Wildman–Crippen MR) is 96.7 cm³/mol. The predicted octanol–water partition coefficient (Wildman–Crippen LogP) is 3.00. The lowest BCUT2D eigenvalue weighted by atomic mass is 10.2. The van der Waals surface area contributed by atoms with Gasteiger partial charge in [-0.2, -0.15) is 0 Å². The molecule has 0 bridgehead atoms. The van der Waals surface area contributed by atoms with Crippen LogP contribution in [0.15, 0.2) is 18.2 Å². The summed E-state index contributed by atoms with van der Waals surface area (Å²) >= 11 is 1.41. The number of aryl methyl sites for hydroxylation is 1. The molecule has 25 heavy (non-hydrogen) atoms. The van der Waals surface area contributed by atoms with Crippen LogP contribution in [-0.2, 0) is 4.74 Å². The third-order valence-electron chi connectivity index (χ3n) is 4.15. The van der Waals surface area contributed by atoms with E-state index in [1.165, 1.54) is 11.3 Å². The molecule has 1 aliphatic heterocycles. The summed E-state index contributed by atoms with van der Waals surface area (Å²) < 4.78 is 16.1. The first-order valence-corrected chi connectivity index (χ1v) is 8.95. The van der Waals surface area contributed by atoms with Crippen LogP contribution in [0.1, 0.15) is 22.3 Å². The Morgan fingerprint density at radius 3 is 2.76 bits per heavy atom. The highest BCUT2D eigenvalue weighted by atomic mass is 32.1. The first-order chi connectivity index (χ1) is 12.0. The maximum atomic E-state index is 12.8. The first kappa shape index (κ1) is 17.7. The fourth-order valence-electron chi connectivity index (χ4n) is 2.83. The third-order valence-corrected chi connectivity index (χ3v) is 5.34. The molecule has 0 unspecified atom stereocenters. The molecule has 2 heterocycles. The highest BCUT2D eigenvalue weighted by Crippen LogP contribution is 2.35. The Bertz CT molecular complexity index is 774. The van der Waals surface area contributed by atoms with E-state index in [0.29, 0.717) is 36.1 Å². The van der Waals surface area contributed by atoms with Gasteiger partial charge in [0, 0.05) is 18.7 Å². The lowest BCUT2D eigenvalue weighted by Crippen LogP contribution is -2.44. The van der Waals surface area contributed by atoms with Crippen molar-refractivity contribution >= 4 is 17.2 Å². The minimum atomic E-state index is 0.0249. The molecule has 7 heteroatoms. The van der Waals surface area contributed by atoms with Gasteiger partial charge in [-0.1, -0.05) is 0 Å². The molecule has 1 atom stereocenters. The van der Waals surface area contributed by atoms with Crippen molar-refractivity contribution in [2.75, 3.05) is 33.9 Å². The van der Waals surface area contributed by atoms with Crippen molar-refractivity contribution in [3.63, 3.8) is 0 Å². The molecule has 1 aliphatic rings. The SMILES string of the molecule is COc1ccc(-c2nc(C)c(C(=O)N3CCO[C@@H](C)C3)s2)cc1OC. The number of nitrogens with zero attached hydrogens (tertiary/aromatic N) is 2. The van der Waals surface area contributed by atoms with Crippen LogP contribution in [0.5, 0.6) is 11.5 Å². The lowest BCUT2D eigenvalue weighted by molar-refractivity contribution is -0.0122. The van der Waals surface area contributed by atoms with Crippen LogP contribution in [0.25, 0.3) is 10.6 Å².